The number of ether oxygens (including phenoxy) is 1. The van der Waals surface area contributed by atoms with Gasteiger partial charge in [0.05, 0.1) is 41.3 Å². The van der Waals surface area contributed by atoms with Crippen LogP contribution in [-0.4, -0.2) is 35.7 Å². The molecular weight excluding hydrogens is 709 g/mol. The Kier molecular flexibility index (Phi) is 9.13. The van der Waals surface area contributed by atoms with Gasteiger partial charge in [0.25, 0.3) is 0 Å². The Morgan fingerprint density at radius 2 is 1.56 bits per heavy atom. The van der Waals surface area contributed by atoms with Crippen LogP contribution in [0.15, 0.2) is 77.2 Å². The summed E-state index contributed by atoms with van der Waals surface area (Å²) in [6.07, 6.45) is 1.06. The number of aromatic nitrogens is 2. The smallest absolute Gasteiger partial charge is 0.340 e. The van der Waals surface area contributed by atoms with Crippen LogP contribution in [0.25, 0.3) is 22.3 Å². The molecule has 0 atom stereocenters. The molecule has 3 aromatic heterocycles. The quantitative estimate of drug-likeness (QED) is 0.143. The van der Waals surface area contributed by atoms with Crippen molar-refractivity contribution in [2.24, 2.45) is 0 Å². The van der Waals surface area contributed by atoms with Crippen molar-refractivity contribution in [3.8, 4) is 17.1 Å². The molecule has 222 valence electrons. The number of anilines is 1. The maximum absolute atomic E-state index is 13.6. The van der Waals surface area contributed by atoms with Crippen molar-refractivity contribution in [2.45, 2.75) is 23.8 Å². The Morgan fingerprint density at radius 1 is 0.953 bits per heavy atom. The summed E-state index contributed by atoms with van der Waals surface area (Å²) >= 11 is 6.76. The standard InChI is InChI=1S/C30H24Br2FN3O6S/c1-43(39,40)36(16-22-6-2-4-20(14-31)34-22)25-13-26-24(12-27(25)41-17-23-7-3-5-21(15-32)35-23)28(30(37)38)29(42-26)18-8-10-19(33)11-9-18/h2-13H,14-17H2,1H3,(H,37,38). The second kappa shape index (κ2) is 12.8. The van der Waals surface area contributed by atoms with E-state index in [-0.39, 0.29) is 46.9 Å². The monoisotopic (exact) mass is 731 g/mol. The summed E-state index contributed by atoms with van der Waals surface area (Å²) in [5.41, 5.74) is 2.95. The number of sulfonamides is 1. The number of carboxylic acid groups (broad SMARTS) is 1. The molecule has 5 aromatic rings. The highest BCUT2D eigenvalue weighted by Gasteiger charge is 2.28. The van der Waals surface area contributed by atoms with Gasteiger partial charge in [0, 0.05) is 27.7 Å². The molecule has 0 amide bonds. The third-order valence-electron chi connectivity index (χ3n) is 6.44. The molecule has 43 heavy (non-hydrogen) atoms. The molecule has 0 radical (unpaired) electrons. The van der Waals surface area contributed by atoms with E-state index in [2.05, 4.69) is 41.8 Å². The van der Waals surface area contributed by atoms with Crippen molar-refractivity contribution < 1.29 is 31.9 Å². The minimum Gasteiger partial charge on any atom is -0.485 e. The van der Waals surface area contributed by atoms with Crippen molar-refractivity contribution in [1.82, 2.24) is 9.97 Å². The Balaban J connectivity index is 1.69. The first-order valence-corrected chi connectivity index (χ1v) is 16.9. The molecule has 5 rings (SSSR count). The lowest BCUT2D eigenvalue weighted by atomic mass is 10.0. The molecule has 2 aromatic carbocycles. The van der Waals surface area contributed by atoms with Crippen LogP contribution in [0.2, 0.25) is 0 Å². The lowest BCUT2D eigenvalue weighted by molar-refractivity contribution is 0.0699. The number of fused-ring (bicyclic) bond motifs is 1. The highest BCUT2D eigenvalue weighted by Crippen LogP contribution is 2.41. The van der Waals surface area contributed by atoms with Crippen LogP contribution in [-0.2, 0) is 33.8 Å². The number of carboxylic acids is 1. The molecule has 0 fully saturated rings. The fraction of sp³-hybridized carbons (Fsp3) is 0.167. The number of alkyl halides is 2. The van der Waals surface area contributed by atoms with Crippen LogP contribution in [0.1, 0.15) is 33.1 Å². The molecule has 9 nitrogen and oxygen atoms in total. The van der Waals surface area contributed by atoms with E-state index in [9.17, 15) is 22.7 Å². The first kappa shape index (κ1) is 30.6. The predicted octanol–water partition coefficient (Wildman–Crippen LogP) is 7.06. The summed E-state index contributed by atoms with van der Waals surface area (Å²) in [4.78, 5) is 21.5. The number of carbonyl (C=O) groups is 1. The molecule has 13 heteroatoms. The summed E-state index contributed by atoms with van der Waals surface area (Å²) in [7, 11) is -3.92. The molecule has 3 heterocycles. The Labute approximate surface area is 263 Å². The fourth-order valence-electron chi connectivity index (χ4n) is 4.50. The van der Waals surface area contributed by atoms with E-state index in [0.29, 0.717) is 27.6 Å². The average Bonchev–Trinajstić information content (AvgIpc) is 3.37. The van der Waals surface area contributed by atoms with E-state index in [1.807, 2.05) is 18.2 Å². The summed E-state index contributed by atoms with van der Waals surface area (Å²) in [5, 5.41) is 11.4. The van der Waals surface area contributed by atoms with Crippen molar-refractivity contribution in [3.05, 3.63) is 107 Å². The molecule has 0 aliphatic heterocycles. The van der Waals surface area contributed by atoms with Gasteiger partial charge in [-0.15, -0.1) is 0 Å². The minimum atomic E-state index is -3.92. The number of pyridine rings is 2. The highest BCUT2D eigenvalue weighted by molar-refractivity contribution is 9.08. The lowest BCUT2D eigenvalue weighted by Gasteiger charge is -2.25. The molecule has 0 unspecified atom stereocenters. The van der Waals surface area contributed by atoms with Gasteiger partial charge < -0.3 is 14.3 Å². The van der Waals surface area contributed by atoms with E-state index in [4.69, 9.17) is 9.15 Å². The highest BCUT2D eigenvalue weighted by atomic mass is 79.9. The zero-order valence-corrected chi connectivity index (χ0v) is 26.6. The predicted molar refractivity (Wildman–Crippen MR) is 168 cm³/mol. The van der Waals surface area contributed by atoms with E-state index in [1.165, 1.54) is 36.4 Å². The van der Waals surface area contributed by atoms with Crippen LogP contribution < -0.4 is 9.04 Å². The van der Waals surface area contributed by atoms with E-state index in [0.717, 1.165) is 21.9 Å². The molecule has 0 saturated heterocycles. The molecular formula is C30H24Br2FN3O6S. The fourth-order valence-corrected chi connectivity index (χ4v) is 5.99. The third-order valence-corrected chi connectivity index (χ3v) is 8.72. The Bertz CT molecular complexity index is 1920. The molecule has 0 saturated carbocycles. The molecule has 0 aliphatic rings. The van der Waals surface area contributed by atoms with Gasteiger partial charge in [0.15, 0.2) is 0 Å². The summed E-state index contributed by atoms with van der Waals surface area (Å²) in [6.45, 7) is -0.157. The number of rotatable bonds is 11. The van der Waals surface area contributed by atoms with Crippen LogP contribution in [0.5, 0.6) is 5.75 Å². The topological polar surface area (TPSA) is 123 Å². The summed E-state index contributed by atoms with van der Waals surface area (Å²) < 4.78 is 53.4. The molecule has 0 spiro atoms. The van der Waals surface area contributed by atoms with Gasteiger partial charge in [-0.2, -0.15) is 0 Å². The number of halogens is 3. The summed E-state index contributed by atoms with van der Waals surface area (Å²) in [6, 6.07) is 18.8. The van der Waals surface area contributed by atoms with E-state index in [1.54, 1.807) is 18.2 Å². The van der Waals surface area contributed by atoms with Crippen molar-refractivity contribution in [2.75, 3.05) is 10.6 Å². The number of hydrogen-bond acceptors (Lipinski definition) is 7. The second-order valence-corrected chi connectivity index (χ2v) is 12.5. The summed E-state index contributed by atoms with van der Waals surface area (Å²) in [5.74, 6) is -1.68. The maximum atomic E-state index is 13.6. The zero-order chi connectivity index (χ0) is 30.7. The van der Waals surface area contributed by atoms with E-state index < -0.39 is 21.8 Å². The Morgan fingerprint density at radius 3 is 2.16 bits per heavy atom. The van der Waals surface area contributed by atoms with Gasteiger partial charge in [-0.3, -0.25) is 14.3 Å². The number of nitrogens with zero attached hydrogens (tertiary/aromatic N) is 3. The number of hydrogen-bond donors (Lipinski definition) is 1. The van der Waals surface area contributed by atoms with Gasteiger partial charge in [-0.1, -0.05) is 44.0 Å². The van der Waals surface area contributed by atoms with Crippen LogP contribution in [0.4, 0.5) is 10.1 Å². The average molecular weight is 733 g/mol. The van der Waals surface area contributed by atoms with Gasteiger partial charge in [-0.25, -0.2) is 17.6 Å². The van der Waals surface area contributed by atoms with Gasteiger partial charge in [0.1, 0.15) is 35.1 Å². The van der Waals surface area contributed by atoms with Crippen molar-refractivity contribution >= 4 is 64.5 Å². The van der Waals surface area contributed by atoms with Crippen LogP contribution in [0.3, 0.4) is 0 Å². The second-order valence-electron chi connectivity index (χ2n) is 9.50. The zero-order valence-electron chi connectivity index (χ0n) is 22.6. The van der Waals surface area contributed by atoms with Crippen molar-refractivity contribution in [3.63, 3.8) is 0 Å². The Hall–Kier alpha value is -3.81. The van der Waals surface area contributed by atoms with Crippen LogP contribution in [0, 0.1) is 5.82 Å². The SMILES string of the molecule is CS(=O)(=O)N(Cc1cccc(CBr)n1)c1cc2oc(-c3ccc(F)cc3)c(C(=O)O)c2cc1OCc1cccc(CBr)n1. The first-order chi connectivity index (χ1) is 20.6. The van der Waals surface area contributed by atoms with E-state index >= 15 is 0 Å². The molecule has 1 N–H and O–H groups in total. The number of benzene rings is 2. The molecule has 0 bridgehead atoms. The van der Waals surface area contributed by atoms with Gasteiger partial charge in [0.2, 0.25) is 10.0 Å². The largest absolute Gasteiger partial charge is 0.485 e. The van der Waals surface area contributed by atoms with Crippen molar-refractivity contribution in [1.29, 1.82) is 0 Å². The first-order valence-electron chi connectivity index (χ1n) is 12.8. The number of aromatic carboxylic acids is 1. The maximum Gasteiger partial charge on any atom is 0.340 e. The van der Waals surface area contributed by atoms with Crippen LogP contribution >= 0.6 is 31.9 Å². The normalized spacial score (nSPS) is 11.5. The lowest BCUT2D eigenvalue weighted by Crippen LogP contribution is -2.30. The minimum absolute atomic E-state index is 0.00474. The van der Waals surface area contributed by atoms with Gasteiger partial charge in [-0.05, 0) is 54.6 Å². The molecule has 0 aliphatic carbocycles. The number of furan rings is 1. The van der Waals surface area contributed by atoms with Gasteiger partial charge >= 0.3 is 5.97 Å². The third kappa shape index (κ3) is 6.89.